The maximum Gasteiger partial charge on any atom is 0.261 e. The number of aromatic nitrogens is 4. The lowest BCUT2D eigenvalue weighted by Crippen LogP contribution is -2.32. The molecule has 2 aromatic heterocycles. The van der Waals surface area contributed by atoms with Crippen LogP contribution >= 0.6 is 0 Å². The van der Waals surface area contributed by atoms with E-state index in [0.717, 1.165) is 62.5 Å². The zero-order chi connectivity index (χ0) is 26.2. The van der Waals surface area contributed by atoms with Gasteiger partial charge in [0.15, 0.2) is 0 Å². The van der Waals surface area contributed by atoms with E-state index in [4.69, 9.17) is 0 Å². The third-order valence-corrected chi connectivity index (χ3v) is 6.98. The first-order chi connectivity index (χ1) is 18.0. The summed E-state index contributed by atoms with van der Waals surface area (Å²) in [7, 11) is 0. The van der Waals surface area contributed by atoms with Gasteiger partial charge in [-0.3, -0.25) is 19.4 Å². The number of hydrogen-bond acceptors (Lipinski definition) is 6. The average molecular weight is 506 g/mol. The number of imidazole rings is 2. The lowest BCUT2D eigenvalue weighted by Gasteiger charge is -2.27. The summed E-state index contributed by atoms with van der Waals surface area (Å²) in [6.45, 7) is 11.3. The van der Waals surface area contributed by atoms with Crippen LogP contribution in [0.4, 0.5) is 0 Å². The first kappa shape index (κ1) is 26.8. The highest BCUT2D eigenvalue weighted by Crippen LogP contribution is 2.27. The molecule has 0 saturated heterocycles. The van der Waals surface area contributed by atoms with Crippen molar-refractivity contribution in [2.75, 3.05) is 26.2 Å². The molecule has 0 saturated carbocycles. The van der Waals surface area contributed by atoms with Crippen molar-refractivity contribution in [3.05, 3.63) is 71.3 Å². The number of hydrogen-bond donors (Lipinski definition) is 2. The number of amides is 2. The summed E-state index contributed by atoms with van der Waals surface area (Å²) in [5, 5.41) is 0. The van der Waals surface area contributed by atoms with Gasteiger partial charge in [0.2, 0.25) is 0 Å². The fourth-order valence-electron chi connectivity index (χ4n) is 5.03. The summed E-state index contributed by atoms with van der Waals surface area (Å²) in [5.41, 5.74) is 1.98. The molecule has 2 N–H and O–H groups in total. The minimum Gasteiger partial charge on any atom is -0.348 e. The summed E-state index contributed by atoms with van der Waals surface area (Å²) in [5.74, 6) is 1.36. The molecule has 3 aromatic rings. The highest BCUT2D eigenvalue weighted by Gasteiger charge is 2.35. The van der Waals surface area contributed by atoms with Gasteiger partial charge in [-0.15, -0.1) is 0 Å². The van der Waals surface area contributed by atoms with E-state index in [-0.39, 0.29) is 17.9 Å². The number of carbonyl (C=O) groups is 2. The van der Waals surface area contributed by atoms with Crippen molar-refractivity contribution >= 4 is 11.8 Å². The van der Waals surface area contributed by atoms with Crippen LogP contribution in [0, 0.1) is 0 Å². The number of nitrogens with one attached hydrogen (secondary N) is 2. The Bertz CT molecular complexity index is 1140. The highest BCUT2D eigenvalue weighted by molar-refractivity contribution is 6.21. The summed E-state index contributed by atoms with van der Waals surface area (Å²) < 4.78 is 0. The highest BCUT2D eigenvalue weighted by atomic mass is 16.2. The Balaban J connectivity index is 1.41. The maximum atomic E-state index is 13.2. The second-order valence-corrected chi connectivity index (χ2v) is 9.78. The summed E-state index contributed by atoms with van der Waals surface area (Å²) >= 11 is 0. The first-order valence-corrected chi connectivity index (χ1v) is 13.4. The van der Waals surface area contributed by atoms with Gasteiger partial charge >= 0.3 is 0 Å². The lowest BCUT2D eigenvalue weighted by atomic mass is 10.0. The Morgan fingerprint density at radius 3 is 2.30 bits per heavy atom. The van der Waals surface area contributed by atoms with E-state index >= 15 is 0 Å². The quantitative estimate of drug-likeness (QED) is 0.235. The third kappa shape index (κ3) is 6.53. The molecule has 1 aromatic carbocycles. The van der Waals surface area contributed by atoms with Gasteiger partial charge < -0.3 is 14.9 Å². The number of nitrogens with zero attached hydrogens (tertiary/aromatic N) is 5. The number of aromatic amines is 2. The zero-order valence-electron chi connectivity index (χ0n) is 22.2. The summed E-state index contributed by atoms with van der Waals surface area (Å²) in [6, 6.07) is 5.63. The smallest absolute Gasteiger partial charge is 0.261 e. The SMILES string of the molecule is CCCN(CCC)CCCCN1C(=O)c2ccc(CN(Cc3ncc[nH]3)C(C)c3ncc[nH]3)cc2C1=O. The maximum absolute atomic E-state index is 13.2. The van der Waals surface area contributed by atoms with Gasteiger partial charge in [-0.05, 0) is 69.9 Å². The first-order valence-electron chi connectivity index (χ1n) is 13.4. The van der Waals surface area contributed by atoms with Crippen LogP contribution in [-0.4, -0.2) is 72.6 Å². The van der Waals surface area contributed by atoms with E-state index in [1.165, 1.54) is 4.90 Å². The molecule has 2 amide bonds. The van der Waals surface area contributed by atoms with E-state index in [1.54, 1.807) is 18.5 Å². The topological polar surface area (TPSA) is 101 Å². The van der Waals surface area contributed by atoms with Crippen LogP contribution in [0.3, 0.4) is 0 Å². The third-order valence-electron chi connectivity index (χ3n) is 6.98. The number of rotatable bonds is 15. The van der Waals surface area contributed by atoms with Crippen LogP contribution < -0.4 is 0 Å². The molecule has 37 heavy (non-hydrogen) atoms. The van der Waals surface area contributed by atoms with E-state index < -0.39 is 0 Å². The van der Waals surface area contributed by atoms with Crippen molar-refractivity contribution in [1.29, 1.82) is 0 Å². The molecule has 9 nitrogen and oxygen atoms in total. The van der Waals surface area contributed by atoms with Crippen molar-refractivity contribution in [2.45, 2.75) is 65.6 Å². The fraction of sp³-hybridized carbons (Fsp3) is 0.500. The number of carbonyl (C=O) groups excluding carboxylic acids is 2. The molecular weight excluding hydrogens is 466 g/mol. The minimum absolute atomic E-state index is 0.00201. The van der Waals surface area contributed by atoms with Crippen LogP contribution in [0.1, 0.15) is 90.4 Å². The fourth-order valence-corrected chi connectivity index (χ4v) is 5.03. The van der Waals surface area contributed by atoms with Crippen molar-refractivity contribution < 1.29 is 9.59 Å². The summed E-state index contributed by atoms with van der Waals surface area (Å²) in [6.07, 6.45) is 11.2. The largest absolute Gasteiger partial charge is 0.348 e. The molecule has 198 valence electrons. The average Bonchev–Trinajstić information content (AvgIpc) is 3.65. The zero-order valence-corrected chi connectivity index (χ0v) is 22.2. The molecule has 3 heterocycles. The van der Waals surface area contributed by atoms with Crippen molar-refractivity contribution in [2.24, 2.45) is 0 Å². The van der Waals surface area contributed by atoms with Crippen LogP contribution in [0.2, 0.25) is 0 Å². The van der Waals surface area contributed by atoms with Gasteiger partial charge in [-0.25, -0.2) is 9.97 Å². The number of benzene rings is 1. The Labute approximate surface area is 219 Å². The van der Waals surface area contributed by atoms with Crippen LogP contribution in [0.5, 0.6) is 0 Å². The lowest BCUT2D eigenvalue weighted by molar-refractivity contribution is 0.0650. The van der Waals surface area contributed by atoms with Gasteiger partial charge in [0.1, 0.15) is 11.6 Å². The second-order valence-electron chi connectivity index (χ2n) is 9.78. The molecule has 4 rings (SSSR count). The molecule has 1 aliphatic rings. The monoisotopic (exact) mass is 505 g/mol. The standard InChI is InChI=1S/C28H39N7O2/c1-4-14-33(15-5-2)16-6-7-17-35-27(36)23-9-8-22(18-24(23)28(35)37)19-34(20-25-29-10-11-30-25)21(3)26-31-12-13-32-26/h8-13,18,21H,4-7,14-17,19-20H2,1-3H3,(H,29,30)(H,31,32). The molecule has 0 aliphatic carbocycles. The van der Waals surface area contributed by atoms with Gasteiger partial charge in [0, 0.05) is 37.9 Å². The molecular formula is C28H39N7O2. The molecule has 0 spiro atoms. The van der Waals surface area contributed by atoms with E-state index in [1.807, 2.05) is 24.5 Å². The van der Waals surface area contributed by atoms with Crippen molar-refractivity contribution in [3.8, 4) is 0 Å². The van der Waals surface area contributed by atoms with Crippen molar-refractivity contribution in [3.63, 3.8) is 0 Å². The Hall–Kier alpha value is -3.30. The van der Waals surface area contributed by atoms with E-state index in [2.05, 4.69) is 50.5 Å². The van der Waals surface area contributed by atoms with Gasteiger partial charge in [0.05, 0.1) is 23.7 Å². The van der Waals surface area contributed by atoms with Crippen LogP contribution in [-0.2, 0) is 13.1 Å². The predicted molar refractivity (Wildman–Crippen MR) is 143 cm³/mol. The molecule has 1 aliphatic heterocycles. The van der Waals surface area contributed by atoms with Gasteiger partial charge in [-0.1, -0.05) is 19.9 Å². The van der Waals surface area contributed by atoms with E-state index in [9.17, 15) is 9.59 Å². The van der Waals surface area contributed by atoms with Crippen molar-refractivity contribution in [1.82, 2.24) is 34.6 Å². The van der Waals surface area contributed by atoms with Gasteiger partial charge in [-0.2, -0.15) is 0 Å². The van der Waals surface area contributed by atoms with Crippen LogP contribution in [0.25, 0.3) is 0 Å². The molecule has 1 atom stereocenters. The number of imide groups is 1. The molecule has 0 bridgehead atoms. The molecule has 0 radical (unpaired) electrons. The predicted octanol–water partition coefficient (Wildman–Crippen LogP) is 4.39. The summed E-state index contributed by atoms with van der Waals surface area (Å²) in [4.78, 5) is 47.5. The molecule has 0 fully saturated rings. The number of H-pyrrole nitrogens is 2. The Morgan fingerprint density at radius 2 is 1.62 bits per heavy atom. The van der Waals surface area contributed by atoms with E-state index in [0.29, 0.717) is 30.8 Å². The Kier molecular flexibility index (Phi) is 9.24. The number of fused-ring (bicyclic) bond motifs is 1. The van der Waals surface area contributed by atoms with Crippen LogP contribution in [0.15, 0.2) is 43.0 Å². The van der Waals surface area contributed by atoms with Gasteiger partial charge in [0.25, 0.3) is 11.8 Å². The second kappa shape index (κ2) is 12.8. The number of unbranched alkanes of at least 4 members (excludes halogenated alkanes) is 1. The normalized spacial score (nSPS) is 14.2. The molecule has 1 unspecified atom stereocenters. The minimum atomic E-state index is -0.183. The molecule has 9 heteroatoms. The Morgan fingerprint density at radius 1 is 0.892 bits per heavy atom.